The van der Waals surface area contributed by atoms with Gasteiger partial charge in [-0.25, -0.2) is 0 Å². The Morgan fingerprint density at radius 1 is 0.833 bits per heavy atom. The lowest BCUT2D eigenvalue weighted by molar-refractivity contribution is 0.450. The highest BCUT2D eigenvalue weighted by Gasteiger charge is 2.22. The van der Waals surface area contributed by atoms with Crippen LogP contribution in [0.25, 0.3) is 0 Å². The molecular weight excluding hydrogens is 146 g/mol. The lowest BCUT2D eigenvalue weighted by Gasteiger charge is -2.15. The first-order valence-corrected chi connectivity index (χ1v) is 5.68. The summed E-state index contributed by atoms with van der Waals surface area (Å²) in [6, 6.07) is 0.869. The lowest BCUT2D eigenvalue weighted by atomic mass is 10.1. The molecule has 0 atom stereocenters. The Kier molecular flexibility index (Phi) is 3.04. The number of nitrogens with one attached hydrogen (secondary N) is 1. The maximum Gasteiger partial charge on any atom is 0.00671 e. The zero-order chi connectivity index (χ0) is 8.23. The highest BCUT2D eigenvalue weighted by Crippen LogP contribution is 2.28. The maximum atomic E-state index is 3.72. The average Bonchev–Trinajstić information content (AvgIpc) is 2.90. The molecule has 0 unspecified atom stereocenters. The van der Waals surface area contributed by atoms with Crippen molar-refractivity contribution in [2.24, 2.45) is 5.92 Å². The Bertz CT molecular complexity index is 121. The molecule has 0 aromatic carbocycles. The second kappa shape index (κ2) is 4.27. The Balaban J connectivity index is 1.62. The normalized spacial score (nSPS) is 27.0. The Hall–Kier alpha value is -0.0400. The van der Waals surface area contributed by atoms with Crippen LogP contribution < -0.4 is 5.32 Å². The Morgan fingerprint density at radius 3 is 2.08 bits per heavy atom. The standard InChI is InChI=1S/C11H21N/c1-2-4-6-11(5-3-1)12-9-10-7-8-10/h10-12H,1-9H2. The fourth-order valence-electron chi connectivity index (χ4n) is 2.14. The first-order chi connectivity index (χ1) is 5.95. The van der Waals surface area contributed by atoms with Crippen LogP contribution in [0.15, 0.2) is 0 Å². The smallest absolute Gasteiger partial charge is 0.00671 e. The van der Waals surface area contributed by atoms with Crippen LogP contribution >= 0.6 is 0 Å². The van der Waals surface area contributed by atoms with Crippen molar-refractivity contribution in [2.75, 3.05) is 6.54 Å². The molecule has 0 saturated heterocycles. The van der Waals surface area contributed by atoms with E-state index < -0.39 is 0 Å². The van der Waals surface area contributed by atoms with Gasteiger partial charge in [0.1, 0.15) is 0 Å². The summed E-state index contributed by atoms with van der Waals surface area (Å²) < 4.78 is 0. The minimum atomic E-state index is 0.869. The summed E-state index contributed by atoms with van der Waals surface area (Å²) in [6.45, 7) is 1.31. The molecule has 2 rings (SSSR count). The van der Waals surface area contributed by atoms with Crippen molar-refractivity contribution in [1.29, 1.82) is 0 Å². The molecule has 0 spiro atoms. The molecule has 1 nitrogen and oxygen atoms in total. The van der Waals surface area contributed by atoms with E-state index >= 15 is 0 Å². The summed E-state index contributed by atoms with van der Waals surface area (Å²) in [4.78, 5) is 0. The van der Waals surface area contributed by atoms with Crippen LogP contribution in [0.3, 0.4) is 0 Å². The molecule has 0 aliphatic heterocycles. The summed E-state index contributed by atoms with van der Waals surface area (Å²) in [5.41, 5.74) is 0. The molecule has 0 aromatic rings. The van der Waals surface area contributed by atoms with Gasteiger partial charge in [-0.05, 0) is 38.1 Å². The third kappa shape index (κ3) is 2.78. The van der Waals surface area contributed by atoms with Gasteiger partial charge in [0.25, 0.3) is 0 Å². The van der Waals surface area contributed by atoms with E-state index in [1.165, 1.54) is 57.9 Å². The summed E-state index contributed by atoms with van der Waals surface area (Å²) in [7, 11) is 0. The van der Waals surface area contributed by atoms with Crippen LogP contribution in [-0.4, -0.2) is 12.6 Å². The number of hydrogen-bond acceptors (Lipinski definition) is 1. The van der Waals surface area contributed by atoms with E-state index in [9.17, 15) is 0 Å². The van der Waals surface area contributed by atoms with Crippen molar-refractivity contribution in [3.05, 3.63) is 0 Å². The van der Waals surface area contributed by atoms with E-state index in [1.807, 2.05) is 0 Å². The fourth-order valence-corrected chi connectivity index (χ4v) is 2.14. The predicted octanol–water partition coefficient (Wildman–Crippen LogP) is 2.71. The van der Waals surface area contributed by atoms with E-state index in [2.05, 4.69) is 5.32 Å². The van der Waals surface area contributed by atoms with Crippen LogP contribution in [0.5, 0.6) is 0 Å². The van der Waals surface area contributed by atoms with Gasteiger partial charge in [-0.1, -0.05) is 25.7 Å². The lowest BCUT2D eigenvalue weighted by Crippen LogP contribution is -2.30. The second-order valence-electron chi connectivity index (χ2n) is 4.54. The van der Waals surface area contributed by atoms with E-state index in [4.69, 9.17) is 0 Å². The molecule has 0 bridgehead atoms. The highest BCUT2D eigenvalue weighted by atomic mass is 14.9. The molecule has 1 heteroatoms. The molecule has 2 saturated carbocycles. The van der Waals surface area contributed by atoms with Gasteiger partial charge < -0.3 is 5.32 Å². The van der Waals surface area contributed by atoms with Gasteiger partial charge in [0.2, 0.25) is 0 Å². The van der Waals surface area contributed by atoms with E-state index in [1.54, 1.807) is 0 Å². The largest absolute Gasteiger partial charge is 0.314 e. The van der Waals surface area contributed by atoms with Gasteiger partial charge in [0, 0.05) is 6.04 Å². The van der Waals surface area contributed by atoms with Crippen molar-refractivity contribution < 1.29 is 0 Å². The summed E-state index contributed by atoms with van der Waals surface area (Å²) >= 11 is 0. The predicted molar refractivity (Wildman–Crippen MR) is 52.2 cm³/mol. The zero-order valence-electron chi connectivity index (χ0n) is 8.02. The first-order valence-electron chi connectivity index (χ1n) is 5.68. The topological polar surface area (TPSA) is 12.0 Å². The molecule has 2 aliphatic carbocycles. The average molecular weight is 167 g/mol. The molecule has 0 radical (unpaired) electrons. The minimum absolute atomic E-state index is 0.869. The van der Waals surface area contributed by atoms with Crippen molar-refractivity contribution in [3.8, 4) is 0 Å². The molecule has 70 valence electrons. The number of hydrogen-bond donors (Lipinski definition) is 1. The Morgan fingerprint density at radius 2 is 1.50 bits per heavy atom. The van der Waals surface area contributed by atoms with Crippen LogP contribution in [0.1, 0.15) is 51.4 Å². The number of rotatable bonds is 3. The molecule has 0 amide bonds. The van der Waals surface area contributed by atoms with Crippen LogP contribution in [0.2, 0.25) is 0 Å². The van der Waals surface area contributed by atoms with Crippen LogP contribution in [0, 0.1) is 5.92 Å². The van der Waals surface area contributed by atoms with Crippen molar-refractivity contribution in [3.63, 3.8) is 0 Å². The van der Waals surface area contributed by atoms with Gasteiger partial charge >= 0.3 is 0 Å². The zero-order valence-corrected chi connectivity index (χ0v) is 8.02. The fraction of sp³-hybridized carbons (Fsp3) is 1.00. The minimum Gasteiger partial charge on any atom is -0.314 e. The molecule has 0 heterocycles. The quantitative estimate of drug-likeness (QED) is 0.637. The first kappa shape index (κ1) is 8.55. The highest BCUT2D eigenvalue weighted by molar-refractivity contribution is 4.78. The van der Waals surface area contributed by atoms with Crippen LogP contribution in [-0.2, 0) is 0 Å². The van der Waals surface area contributed by atoms with E-state index in [0.29, 0.717) is 0 Å². The molecule has 0 aromatic heterocycles. The summed E-state index contributed by atoms with van der Waals surface area (Å²) in [6.07, 6.45) is 11.7. The second-order valence-corrected chi connectivity index (χ2v) is 4.54. The third-order valence-corrected chi connectivity index (χ3v) is 3.25. The molecular formula is C11H21N. The van der Waals surface area contributed by atoms with Crippen molar-refractivity contribution in [2.45, 2.75) is 57.4 Å². The molecule has 12 heavy (non-hydrogen) atoms. The van der Waals surface area contributed by atoms with Gasteiger partial charge in [0.05, 0.1) is 0 Å². The monoisotopic (exact) mass is 167 g/mol. The van der Waals surface area contributed by atoms with Gasteiger partial charge in [-0.3, -0.25) is 0 Å². The van der Waals surface area contributed by atoms with Crippen molar-refractivity contribution in [1.82, 2.24) is 5.32 Å². The molecule has 1 N–H and O–H groups in total. The van der Waals surface area contributed by atoms with Gasteiger partial charge in [-0.2, -0.15) is 0 Å². The van der Waals surface area contributed by atoms with Gasteiger partial charge in [0.15, 0.2) is 0 Å². The SMILES string of the molecule is C1CCCC(NCC2CC2)CC1. The summed E-state index contributed by atoms with van der Waals surface area (Å²) in [5.74, 6) is 1.05. The van der Waals surface area contributed by atoms with Crippen LogP contribution in [0.4, 0.5) is 0 Å². The van der Waals surface area contributed by atoms with E-state index in [0.717, 1.165) is 12.0 Å². The third-order valence-electron chi connectivity index (χ3n) is 3.25. The van der Waals surface area contributed by atoms with Crippen molar-refractivity contribution >= 4 is 0 Å². The van der Waals surface area contributed by atoms with E-state index in [-0.39, 0.29) is 0 Å². The summed E-state index contributed by atoms with van der Waals surface area (Å²) in [5, 5.41) is 3.72. The molecule has 2 aliphatic rings. The maximum absolute atomic E-state index is 3.72. The molecule has 2 fully saturated rings. The Labute approximate surface area is 75.9 Å². The van der Waals surface area contributed by atoms with Gasteiger partial charge in [-0.15, -0.1) is 0 Å².